The predicted octanol–water partition coefficient (Wildman–Crippen LogP) is 1.03. The van der Waals surface area contributed by atoms with Gasteiger partial charge in [0.15, 0.2) is 0 Å². The lowest BCUT2D eigenvalue weighted by molar-refractivity contribution is 0.0737. The Kier molecular flexibility index (Phi) is 3.66. The molecule has 1 unspecified atom stereocenters. The van der Waals surface area contributed by atoms with Crippen LogP contribution in [0.5, 0.6) is 0 Å². The Morgan fingerprint density at radius 3 is 2.38 bits per heavy atom. The van der Waals surface area contributed by atoms with Crippen LogP contribution in [0.25, 0.3) is 0 Å². The number of ether oxygens (including phenoxy) is 1. The van der Waals surface area contributed by atoms with E-state index in [1.807, 2.05) is 0 Å². The molecule has 2 aliphatic rings. The maximum absolute atomic E-state index is 11.3. The van der Waals surface area contributed by atoms with Crippen LogP contribution in [-0.2, 0) is 4.74 Å². The van der Waals surface area contributed by atoms with E-state index in [4.69, 9.17) is 10.5 Å². The quantitative estimate of drug-likeness (QED) is 0.740. The third kappa shape index (κ3) is 2.47. The summed E-state index contributed by atoms with van der Waals surface area (Å²) in [5.74, 6) is 0. The molecular weight excluding hydrogens is 208 g/mol. The molecule has 1 amide bonds. The maximum Gasteiger partial charge on any atom is 0.407 e. The summed E-state index contributed by atoms with van der Waals surface area (Å²) in [4.78, 5) is 12.9. The number of amides is 1. The topological polar surface area (TPSA) is 75.8 Å². The number of hydrogen-bond acceptors (Lipinski definition) is 3. The normalized spacial score (nSPS) is 34.9. The Labute approximate surface area is 95.5 Å². The van der Waals surface area contributed by atoms with E-state index < -0.39 is 6.09 Å². The monoisotopic (exact) mass is 228 g/mol. The Bertz CT molecular complexity index is 246. The molecule has 3 N–H and O–H groups in total. The molecule has 5 nitrogen and oxygen atoms in total. The first-order valence-electron chi connectivity index (χ1n) is 6.03. The number of nitrogens with two attached hydrogens (primary N) is 1. The van der Waals surface area contributed by atoms with Crippen molar-refractivity contribution in [3.8, 4) is 0 Å². The average molecular weight is 228 g/mol. The van der Waals surface area contributed by atoms with E-state index in [-0.39, 0.29) is 18.1 Å². The molecule has 92 valence electrons. The van der Waals surface area contributed by atoms with Crippen LogP contribution in [0.1, 0.15) is 32.1 Å². The summed E-state index contributed by atoms with van der Waals surface area (Å²) in [6.07, 6.45) is 3.67. The molecule has 1 saturated heterocycles. The predicted molar refractivity (Wildman–Crippen MR) is 59.3 cm³/mol. The fourth-order valence-corrected chi connectivity index (χ4v) is 2.73. The van der Waals surface area contributed by atoms with Crippen molar-refractivity contribution < 1.29 is 14.6 Å². The Hall–Kier alpha value is -0.810. The number of carboxylic acid groups (broad SMARTS) is 1. The SMILES string of the molecule is NC1CCC(N(C(=O)O)C2CCOC2)CC1. The third-order valence-electron chi connectivity index (χ3n) is 3.65. The summed E-state index contributed by atoms with van der Waals surface area (Å²) >= 11 is 0. The zero-order chi connectivity index (χ0) is 11.5. The maximum atomic E-state index is 11.3. The van der Waals surface area contributed by atoms with E-state index in [0.717, 1.165) is 32.1 Å². The van der Waals surface area contributed by atoms with Crippen LogP contribution in [0.3, 0.4) is 0 Å². The van der Waals surface area contributed by atoms with Gasteiger partial charge >= 0.3 is 6.09 Å². The van der Waals surface area contributed by atoms with Crippen molar-refractivity contribution in [2.45, 2.75) is 50.2 Å². The van der Waals surface area contributed by atoms with E-state index >= 15 is 0 Å². The van der Waals surface area contributed by atoms with Crippen molar-refractivity contribution >= 4 is 6.09 Å². The van der Waals surface area contributed by atoms with Gasteiger partial charge in [-0.15, -0.1) is 0 Å². The van der Waals surface area contributed by atoms with Crippen LogP contribution in [0, 0.1) is 0 Å². The fraction of sp³-hybridized carbons (Fsp3) is 0.909. The van der Waals surface area contributed by atoms with Gasteiger partial charge in [-0.1, -0.05) is 0 Å². The van der Waals surface area contributed by atoms with E-state index in [2.05, 4.69) is 0 Å². The Morgan fingerprint density at radius 2 is 1.88 bits per heavy atom. The zero-order valence-corrected chi connectivity index (χ0v) is 9.47. The second-order valence-electron chi connectivity index (χ2n) is 4.78. The van der Waals surface area contributed by atoms with E-state index in [9.17, 15) is 9.90 Å². The van der Waals surface area contributed by atoms with Crippen molar-refractivity contribution in [3.63, 3.8) is 0 Å². The van der Waals surface area contributed by atoms with Gasteiger partial charge < -0.3 is 15.6 Å². The Morgan fingerprint density at radius 1 is 1.19 bits per heavy atom. The van der Waals surface area contributed by atoms with Gasteiger partial charge in [-0.05, 0) is 32.1 Å². The Balaban J connectivity index is 1.98. The number of carbonyl (C=O) groups is 1. The van der Waals surface area contributed by atoms with Crippen LogP contribution in [0.15, 0.2) is 0 Å². The first-order valence-corrected chi connectivity index (χ1v) is 6.03. The first kappa shape index (κ1) is 11.7. The van der Waals surface area contributed by atoms with Gasteiger partial charge in [0.25, 0.3) is 0 Å². The molecule has 16 heavy (non-hydrogen) atoms. The van der Waals surface area contributed by atoms with E-state index in [0.29, 0.717) is 13.2 Å². The lowest BCUT2D eigenvalue weighted by atomic mass is 9.90. The van der Waals surface area contributed by atoms with Crippen molar-refractivity contribution in [2.24, 2.45) is 5.73 Å². The van der Waals surface area contributed by atoms with Crippen LogP contribution in [0.4, 0.5) is 4.79 Å². The summed E-state index contributed by atoms with van der Waals surface area (Å²) in [7, 11) is 0. The molecule has 1 saturated carbocycles. The van der Waals surface area contributed by atoms with Gasteiger partial charge in [0, 0.05) is 18.7 Å². The first-order chi connectivity index (χ1) is 7.68. The zero-order valence-electron chi connectivity index (χ0n) is 9.47. The molecule has 0 bridgehead atoms. The summed E-state index contributed by atoms with van der Waals surface area (Å²) in [5, 5.41) is 9.29. The summed E-state index contributed by atoms with van der Waals surface area (Å²) in [6.45, 7) is 1.23. The van der Waals surface area contributed by atoms with Gasteiger partial charge in [-0.2, -0.15) is 0 Å². The average Bonchev–Trinajstić information content (AvgIpc) is 2.74. The molecule has 0 aromatic heterocycles. The van der Waals surface area contributed by atoms with Crippen molar-refractivity contribution in [3.05, 3.63) is 0 Å². The summed E-state index contributed by atoms with van der Waals surface area (Å²) in [6, 6.07) is 0.451. The number of hydrogen-bond donors (Lipinski definition) is 2. The van der Waals surface area contributed by atoms with Crippen LogP contribution in [-0.4, -0.2) is 47.4 Å². The van der Waals surface area contributed by atoms with Gasteiger partial charge in [0.05, 0.1) is 12.6 Å². The molecule has 5 heteroatoms. The van der Waals surface area contributed by atoms with Gasteiger partial charge in [0.2, 0.25) is 0 Å². The van der Waals surface area contributed by atoms with Crippen molar-refractivity contribution in [1.82, 2.24) is 4.90 Å². The van der Waals surface area contributed by atoms with Crippen LogP contribution in [0.2, 0.25) is 0 Å². The highest BCUT2D eigenvalue weighted by atomic mass is 16.5. The highest BCUT2D eigenvalue weighted by Gasteiger charge is 2.34. The van der Waals surface area contributed by atoms with Gasteiger partial charge in [-0.25, -0.2) is 4.79 Å². The number of nitrogens with zero attached hydrogens (tertiary/aromatic N) is 1. The molecule has 0 aromatic carbocycles. The minimum Gasteiger partial charge on any atom is -0.465 e. The van der Waals surface area contributed by atoms with Gasteiger partial charge in [-0.3, -0.25) is 4.90 Å². The molecule has 0 radical (unpaired) electrons. The third-order valence-corrected chi connectivity index (χ3v) is 3.65. The fourth-order valence-electron chi connectivity index (χ4n) is 2.73. The van der Waals surface area contributed by atoms with Crippen molar-refractivity contribution in [2.75, 3.05) is 13.2 Å². The molecule has 0 aromatic rings. The van der Waals surface area contributed by atoms with Crippen molar-refractivity contribution in [1.29, 1.82) is 0 Å². The largest absolute Gasteiger partial charge is 0.465 e. The molecular formula is C11H20N2O3. The number of rotatable bonds is 2. The molecule has 1 aliphatic heterocycles. The highest BCUT2D eigenvalue weighted by molar-refractivity contribution is 5.66. The molecule has 1 atom stereocenters. The minimum atomic E-state index is -0.809. The lowest BCUT2D eigenvalue weighted by Gasteiger charge is -2.37. The van der Waals surface area contributed by atoms with Crippen LogP contribution >= 0.6 is 0 Å². The van der Waals surface area contributed by atoms with E-state index in [1.54, 1.807) is 4.90 Å². The molecule has 0 spiro atoms. The smallest absolute Gasteiger partial charge is 0.407 e. The molecule has 1 aliphatic carbocycles. The lowest BCUT2D eigenvalue weighted by Crippen LogP contribution is -2.49. The molecule has 2 rings (SSSR count). The minimum absolute atomic E-state index is 0.0526. The van der Waals surface area contributed by atoms with Gasteiger partial charge in [0.1, 0.15) is 0 Å². The summed E-state index contributed by atoms with van der Waals surface area (Å²) in [5.41, 5.74) is 5.84. The summed E-state index contributed by atoms with van der Waals surface area (Å²) < 4.78 is 5.27. The van der Waals surface area contributed by atoms with Crippen LogP contribution < -0.4 is 5.73 Å². The van der Waals surface area contributed by atoms with E-state index in [1.165, 1.54) is 0 Å². The highest BCUT2D eigenvalue weighted by Crippen LogP contribution is 2.26. The second kappa shape index (κ2) is 5.01. The molecule has 1 heterocycles. The second-order valence-corrected chi connectivity index (χ2v) is 4.78. The standard InChI is InChI=1S/C11H20N2O3/c12-8-1-3-9(4-2-8)13(11(14)15)10-5-6-16-7-10/h8-10H,1-7,12H2,(H,14,15). The molecule has 2 fully saturated rings.